The summed E-state index contributed by atoms with van der Waals surface area (Å²) in [5.41, 5.74) is 0. The highest BCUT2D eigenvalue weighted by Gasteiger charge is 1.96. The largest absolute Gasteiger partial charge is 0.320 e. The van der Waals surface area contributed by atoms with Crippen LogP contribution in [0.5, 0.6) is 0 Å². The Balaban J connectivity index is 3.03. The van der Waals surface area contributed by atoms with Crippen molar-refractivity contribution in [1.82, 2.24) is 5.32 Å². The van der Waals surface area contributed by atoms with Crippen molar-refractivity contribution in [1.29, 1.82) is 0 Å². The van der Waals surface area contributed by atoms with E-state index in [4.69, 9.17) is 0 Å². The molecule has 58 valence electrons. The molecule has 0 rings (SSSR count). The number of carbonyl (C=O) groups is 2. The van der Waals surface area contributed by atoms with Crippen LogP contribution in [0, 0.1) is 0 Å². The van der Waals surface area contributed by atoms with Gasteiger partial charge in [-0.15, -0.1) is 0 Å². The molecule has 3 heteroatoms. The second kappa shape index (κ2) is 6.42. The number of nitrogens with one attached hydrogen (secondary N) is 1. The van der Waals surface area contributed by atoms with Crippen LogP contribution >= 0.6 is 0 Å². The molecule has 0 aromatic rings. The molecule has 0 aromatic carbocycles. The highest BCUT2D eigenvalue weighted by molar-refractivity contribution is 6.24. The normalized spacial score (nSPS) is 9.30. The van der Waals surface area contributed by atoms with Crippen molar-refractivity contribution in [3.63, 3.8) is 0 Å². The molecule has 0 atom stereocenters. The maximum absolute atomic E-state index is 10.4. The molecule has 0 aliphatic heterocycles. The average molecular weight is 143 g/mol. The molecule has 1 N–H and O–H groups in total. The van der Waals surface area contributed by atoms with Gasteiger partial charge >= 0.3 is 0 Å². The van der Waals surface area contributed by atoms with Crippen LogP contribution in [0.3, 0.4) is 0 Å². The number of ketones is 1. The molecule has 0 saturated carbocycles. The average Bonchev–Trinajstić information content (AvgIpc) is 1.98. The Morgan fingerprint density at radius 3 is 2.70 bits per heavy atom. The number of Topliss-reactive ketones (excluding diaryl/α,β-unsaturated/α-hetero) is 1. The molecule has 0 amide bonds. The van der Waals surface area contributed by atoms with E-state index in [9.17, 15) is 9.59 Å². The minimum absolute atomic E-state index is 0.295. The lowest BCUT2D eigenvalue weighted by atomic mass is 10.2. The van der Waals surface area contributed by atoms with Gasteiger partial charge < -0.3 is 5.32 Å². The molecule has 0 fully saturated rings. The minimum Gasteiger partial charge on any atom is -0.320 e. The summed E-state index contributed by atoms with van der Waals surface area (Å²) in [4.78, 5) is 20.2. The number of unbranched alkanes of at least 4 members (excludes halogenated alkanes) is 1. The van der Waals surface area contributed by atoms with Gasteiger partial charge in [-0.1, -0.05) is 0 Å². The molecule has 0 heterocycles. The SMILES string of the molecule is CNCCCCC(=O)C=O. The van der Waals surface area contributed by atoms with Gasteiger partial charge in [-0.3, -0.25) is 9.59 Å². The molecule has 0 saturated heterocycles. The van der Waals surface area contributed by atoms with Crippen LogP contribution in [-0.2, 0) is 9.59 Å². The van der Waals surface area contributed by atoms with Gasteiger partial charge in [0.15, 0.2) is 12.1 Å². The summed E-state index contributed by atoms with van der Waals surface area (Å²) >= 11 is 0. The molecule has 0 aliphatic rings. The second-order valence-corrected chi connectivity index (χ2v) is 2.14. The Kier molecular flexibility index (Phi) is 5.97. The Morgan fingerprint density at radius 1 is 1.50 bits per heavy atom. The van der Waals surface area contributed by atoms with Crippen LogP contribution in [0.4, 0.5) is 0 Å². The summed E-state index contributed by atoms with van der Waals surface area (Å²) in [5, 5.41) is 2.96. The summed E-state index contributed by atoms with van der Waals surface area (Å²) in [6.45, 7) is 0.909. The summed E-state index contributed by atoms with van der Waals surface area (Å²) in [6, 6.07) is 0. The van der Waals surface area contributed by atoms with Crippen LogP contribution in [0.2, 0.25) is 0 Å². The van der Waals surface area contributed by atoms with Crippen molar-refractivity contribution >= 4 is 12.1 Å². The minimum atomic E-state index is -0.295. The third-order valence-corrected chi connectivity index (χ3v) is 1.23. The first kappa shape index (κ1) is 9.30. The van der Waals surface area contributed by atoms with E-state index < -0.39 is 0 Å². The van der Waals surface area contributed by atoms with Crippen LogP contribution in [0.15, 0.2) is 0 Å². The Labute approximate surface area is 60.8 Å². The fraction of sp³-hybridized carbons (Fsp3) is 0.714. The van der Waals surface area contributed by atoms with E-state index in [0.29, 0.717) is 12.7 Å². The molecule has 10 heavy (non-hydrogen) atoms. The van der Waals surface area contributed by atoms with Gasteiger partial charge in [0.2, 0.25) is 0 Å². The van der Waals surface area contributed by atoms with Gasteiger partial charge in [-0.2, -0.15) is 0 Å². The molecule has 0 bridgehead atoms. The molecule has 0 unspecified atom stereocenters. The zero-order valence-corrected chi connectivity index (χ0v) is 6.22. The van der Waals surface area contributed by atoms with Gasteiger partial charge in [0.25, 0.3) is 0 Å². The molecule has 0 spiro atoms. The zero-order chi connectivity index (χ0) is 7.82. The predicted molar refractivity (Wildman–Crippen MR) is 38.8 cm³/mol. The molecular formula is C7H13NO2. The van der Waals surface area contributed by atoms with Crippen molar-refractivity contribution in [2.75, 3.05) is 13.6 Å². The van der Waals surface area contributed by atoms with Crippen molar-refractivity contribution in [2.24, 2.45) is 0 Å². The fourth-order valence-electron chi connectivity index (χ4n) is 0.660. The quantitative estimate of drug-likeness (QED) is 0.327. The molecule has 0 aliphatic carbocycles. The Bertz CT molecular complexity index is 112. The van der Waals surface area contributed by atoms with Crippen LogP contribution in [0.1, 0.15) is 19.3 Å². The standard InChI is InChI=1S/C7H13NO2/c1-8-5-3-2-4-7(10)6-9/h6,8H,2-5H2,1H3. The van der Waals surface area contributed by atoms with E-state index in [2.05, 4.69) is 5.32 Å². The first-order chi connectivity index (χ1) is 4.81. The number of aldehydes is 1. The van der Waals surface area contributed by atoms with Gasteiger partial charge in [0.1, 0.15) is 0 Å². The highest BCUT2D eigenvalue weighted by atomic mass is 16.2. The lowest BCUT2D eigenvalue weighted by Crippen LogP contribution is -2.08. The van der Waals surface area contributed by atoms with Crippen molar-refractivity contribution in [3.05, 3.63) is 0 Å². The van der Waals surface area contributed by atoms with Crippen LogP contribution in [-0.4, -0.2) is 25.7 Å². The third kappa shape index (κ3) is 5.44. The lowest BCUT2D eigenvalue weighted by Gasteiger charge is -1.95. The van der Waals surface area contributed by atoms with Gasteiger partial charge in [0.05, 0.1) is 0 Å². The monoisotopic (exact) mass is 143 g/mol. The van der Waals surface area contributed by atoms with E-state index >= 15 is 0 Å². The summed E-state index contributed by atoms with van der Waals surface area (Å²) in [7, 11) is 1.86. The first-order valence-corrected chi connectivity index (χ1v) is 3.44. The maximum atomic E-state index is 10.4. The number of hydrogen-bond donors (Lipinski definition) is 1. The molecule has 0 radical (unpaired) electrons. The molecule has 0 aromatic heterocycles. The number of hydrogen-bond acceptors (Lipinski definition) is 3. The van der Waals surface area contributed by atoms with E-state index in [0.717, 1.165) is 19.4 Å². The summed E-state index contributed by atoms with van der Waals surface area (Å²) < 4.78 is 0. The number of rotatable bonds is 6. The van der Waals surface area contributed by atoms with E-state index in [1.165, 1.54) is 0 Å². The van der Waals surface area contributed by atoms with Gasteiger partial charge in [0, 0.05) is 6.42 Å². The molecule has 3 nitrogen and oxygen atoms in total. The third-order valence-electron chi connectivity index (χ3n) is 1.23. The van der Waals surface area contributed by atoms with E-state index in [-0.39, 0.29) is 5.78 Å². The smallest absolute Gasteiger partial charge is 0.195 e. The Hall–Kier alpha value is -0.700. The molecular weight excluding hydrogens is 130 g/mol. The van der Waals surface area contributed by atoms with Crippen LogP contribution in [0.25, 0.3) is 0 Å². The van der Waals surface area contributed by atoms with E-state index in [1.54, 1.807) is 0 Å². The number of carbonyl (C=O) groups excluding carboxylic acids is 2. The van der Waals surface area contributed by atoms with Crippen molar-refractivity contribution < 1.29 is 9.59 Å². The van der Waals surface area contributed by atoms with Gasteiger partial charge in [-0.05, 0) is 26.4 Å². The topological polar surface area (TPSA) is 46.2 Å². The Morgan fingerprint density at radius 2 is 2.20 bits per heavy atom. The summed E-state index contributed by atoms with van der Waals surface area (Å²) in [5.74, 6) is -0.295. The lowest BCUT2D eigenvalue weighted by molar-refractivity contribution is -0.129. The van der Waals surface area contributed by atoms with Crippen molar-refractivity contribution in [3.8, 4) is 0 Å². The van der Waals surface area contributed by atoms with Crippen molar-refractivity contribution in [2.45, 2.75) is 19.3 Å². The zero-order valence-electron chi connectivity index (χ0n) is 6.22. The summed E-state index contributed by atoms with van der Waals surface area (Å²) in [6.07, 6.45) is 2.54. The van der Waals surface area contributed by atoms with Gasteiger partial charge in [-0.25, -0.2) is 0 Å². The second-order valence-electron chi connectivity index (χ2n) is 2.14. The maximum Gasteiger partial charge on any atom is 0.195 e. The highest BCUT2D eigenvalue weighted by Crippen LogP contribution is 1.92. The van der Waals surface area contributed by atoms with Crippen LogP contribution < -0.4 is 5.32 Å². The van der Waals surface area contributed by atoms with E-state index in [1.807, 2.05) is 7.05 Å². The first-order valence-electron chi connectivity index (χ1n) is 3.44. The fourth-order valence-corrected chi connectivity index (χ4v) is 0.660. The predicted octanol–water partition coefficient (Wildman–Crippen LogP) is 0.144.